The lowest BCUT2D eigenvalue weighted by Crippen LogP contribution is -2.32. The van der Waals surface area contributed by atoms with E-state index in [-0.39, 0.29) is 17.3 Å². The van der Waals surface area contributed by atoms with Crippen molar-refractivity contribution in [2.45, 2.75) is 13.3 Å². The topological polar surface area (TPSA) is 96.9 Å². The van der Waals surface area contributed by atoms with Gasteiger partial charge in [-0.1, -0.05) is 5.16 Å². The van der Waals surface area contributed by atoms with Crippen molar-refractivity contribution in [2.24, 2.45) is 10.9 Å². The minimum absolute atomic E-state index is 0.0774. The van der Waals surface area contributed by atoms with Gasteiger partial charge in [-0.05, 0) is 6.92 Å². The number of methoxy groups -OCH3 is 1. The number of hydrogen-bond acceptors (Lipinski definition) is 6. The summed E-state index contributed by atoms with van der Waals surface area (Å²) < 4.78 is 18.9. The lowest BCUT2D eigenvalue weighted by molar-refractivity contribution is 0.205. The Bertz CT molecular complexity index is 441. The third-order valence-corrected chi connectivity index (χ3v) is 2.58. The van der Waals surface area contributed by atoms with Crippen LogP contribution in [-0.4, -0.2) is 47.8 Å². The normalized spacial score (nSPS) is 11.6. The molecule has 106 valence electrons. The summed E-state index contributed by atoms with van der Waals surface area (Å²) in [5.74, 6) is -0.206. The van der Waals surface area contributed by atoms with Crippen LogP contribution in [0.3, 0.4) is 0 Å². The summed E-state index contributed by atoms with van der Waals surface area (Å²) in [6.07, 6.45) is 1.60. The van der Waals surface area contributed by atoms with E-state index in [4.69, 9.17) is 15.7 Å². The summed E-state index contributed by atoms with van der Waals surface area (Å²) in [7, 11) is 1.56. The maximum absolute atomic E-state index is 14.0. The van der Waals surface area contributed by atoms with Gasteiger partial charge in [0, 0.05) is 26.6 Å². The highest BCUT2D eigenvalue weighted by atomic mass is 19.1. The SMILES string of the molecule is COCCN(CCC(N)=NO)c1ncnc(C)c1F. The maximum Gasteiger partial charge on any atom is 0.186 e. The molecule has 0 radical (unpaired) electrons. The molecule has 0 aliphatic rings. The van der Waals surface area contributed by atoms with Gasteiger partial charge in [-0.25, -0.2) is 14.4 Å². The largest absolute Gasteiger partial charge is 0.409 e. The van der Waals surface area contributed by atoms with Crippen molar-refractivity contribution in [1.29, 1.82) is 0 Å². The highest BCUT2D eigenvalue weighted by Gasteiger charge is 2.15. The smallest absolute Gasteiger partial charge is 0.186 e. The van der Waals surface area contributed by atoms with Crippen molar-refractivity contribution in [2.75, 3.05) is 31.7 Å². The van der Waals surface area contributed by atoms with Gasteiger partial charge in [-0.2, -0.15) is 0 Å². The van der Waals surface area contributed by atoms with E-state index in [1.807, 2.05) is 0 Å². The molecule has 0 bridgehead atoms. The van der Waals surface area contributed by atoms with E-state index in [2.05, 4.69) is 15.1 Å². The molecule has 0 unspecified atom stereocenters. The third kappa shape index (κ3) is 4.32. The lowest BCUT2D eigenvalue weighted by Gasteiger charge is -2.23. The molecular weight excluding hydrogens is 253 g/mol. The highest BCUT2D eigenvalue weighted by Crippen LogP contribution is 2.17. The van der Waals surface area contributed by atoms with E-state index in [0.29, 0.717) is 26.1 Å². The summed E-state index contributed by atoms with van der Waals surface area (Å²) in [6, 6.07) is 0. The summed E-state index contributed by atoms with van der Waals surface area (Å²) in [4.78, 5) is 9.39. The number of nitrogens with zero attached hydrogens (tertiary/aromatic N) is 4. The Labute approximate surface area is 110 Å². The predicted molar refractivity (Wildman–Crippen MR) is 68.8 cm³/mol. The number of anilines is 1. The molecule has 1 rings (SSSR count). The Morgan fingerprint density at radius 2 is 2.26 bits per heavy atom. The Balaban J connectivity index is 2.86. The summed E-state index contributed by atoms with van der Waals surface area (Å²) in [5, 5.41) is 11.4. The molecule has 0 atom stereocenters. The number of aryl methyl sites for hydroxylation is 1. The number of rotatable bonds is 7. The van der Waals surface area contributed by atoms with Crippen LogP contribution in [0.15, 0.2) is 11.5 Å². The van der Waals surface area contributed by atoms with Crippen LogP contribution in [0.5, 0.6) is 0 Å². The zero-order chi connectivity index (χ0) is 14.3. The molecule has 0 saturated carbocycles. The fourth-order valence-corrected chi connectivity index (χ4v) is 1.49. The number of ether oxygens (including phenoxy) is 1. The second-order valence-electron chi connectivity index (χ2n) is 3.92. The average molecular weight is 271 g/mol. The second kappa shape index (κ2) is 7.47. The van der Waals surface area contributed by atoms with Gasteiger partial charge >= 0.3 is 0 Å². The van der Waals surface area contributed by atoms with Crippen molar-refractivity contribution in [3.63, 3.8) is 0 Å². The van der Waals surface area contributed by atoms with Crippen LogP contribution >= 0.6 is 0 Å². The summed E-state index contributed by atoms with van der Waals surface area (Å²) >= 11 is 0. The first-order valence-electron chi connectivity index (χ1n) is 5.77. The quantitative estimate of drug-likeness (QED) is 0.325. The van der Waals surface area contributed by atoms with E-state index in [1.165, 1.54) is 6.33 Å². The van der Waals surface area contributed by atoms with E-state index < -0.39 is 5.82 Å². The molecule has 0 aliphatic carbocycles. The molecule has 1 heterocycles. The lowest BCUT2D eigenvalue weighted by atomic mass is 10.3. The van der Waals surface area contributed by atoms with Crippen LogP contribution in [0.25, 0.3) is 0 Å². The summed E-state index contributed by atoms with van der Waals surface area (Å²) in [6.45, 7) is 2.80. The van der Waals surface area contributed by atoms with Gasteiger partial charge in [0.25, 0.3) is 0 Å². The molecule has 1 aromatic rings. The molecule has 0 aromatic carbocycles. The molecule has 0 aliphatic heterocycles. The van der Waals surface area contributed by atoms with E-state index in [0.717, 1.165) is 0 Å². The minimum atomic E-state index is -0.474. The third-order valence-electron chi connectivity index (χ3n) is 2.58. The standard InChI is InChI=1S/C11H18FN5O2/c1-8-10(12)11(15-7-14-8)17(5-6-19-2)4-3-9(13)16-18/h7,18H,3-6H2,1-2H3,(H2,13,16). The van der Waals surface area contributed by atoms with E-state index in [9.17, 15) is 4.39 Å². The van der Waals surface area contributed by atoms with Gasteiger partial charge in [-0.3, -0.25) is 0 Å². The van der Waals surface area contributed by atoms with Gasteiger partial charge in [0.2, 0.25) is 0 Å². The molecule has 0 spiro atoms. The Morgan fingerprint density at radius 3 is 2.89 bits per heavy atom. The fourth-order valence-electron chi connectivity index (χ4n) is 1.49. The van der Waals surface area contributed by atoms with Crippen LogP contribution in [0, 0.1) is 12.7 Å². The zero-order valence-corrected chi connectivity index (χ0v) is 11.0. The Kier molecular flexibility index (Phi) is 5.94. The first kappa shape index (κ1) is 15.1. The second-order valence-corrected chi connectivity index (χ2v) is 3.92. The number of amidine groups is 1. The zero-order valence-electron chi connectivity index (χ0n) is 11.0. The van der Waals surface area contributed by atoms with Gasteiger partial charge in [0.1, 0.15) is 12.2 Å². The van der Waals surface area contributed by atoms with Crippen LogP contribution in [0.2, 0.25) is 0 Å². The van der Waals surface area contributed by atoms with Crippen LogP contribution < -0.4 is 10.6 Å². The number of nitrogens with two attached hydrogens (primary N) is 1. The minimum Gasteiger partial charge on any atom is -0.409 e. The monoisotopic (exact) mass is 271 g/mol. The van der Waals surface area contributed by atoms with Crippen molar-refractivity contribution in [1.82, 2.24) is 9.97 Å². The van der Waals surface area contributed by atoms with Gasteiger partial charge in [0.05, 0.1) is 12.3 Å². The van der Waals surface area contributed by atoms with E-state index in [1.54, 1.807) is 18.9 Å². The van der Waals surface area contributed by atoms with Crippen LogP contribution in [-0.2, 0) is 4.74 Å². The molecule has 3 N–H and O–H groups in total. The Hall–Kier alpha value is -1.96. The Morgan fingerprint density at radius 1 is 1.53 bits per heavy atom. The predicted octanol–water partition coefficient (Wildman–Crippen LogP) is 0.513. The molecule has 8 heteroatoms. The number of halogens is 1. The fraction of sp³-hybridized carbons (Fsp3) is 0.545. The molecular formula is C11H18FN5O2. The number of oxime groups is 1. The van der Waals surface area contributed by atoms with Crippen molar-refractivity contribution < 1.29 is 14.3 Å². The first-order valence-corrected chi connectivity index (χ1v) is 5.77. The first-order chi connectivity index (χ1) is 9.10. The highest BCUT2D eigenvalue weighted by molar-refractivity contribution is 5.80. The van der Waals surface area contributed by atoms with Crippen molar-refractivity contribution in [3.05, 3.63) is 17.8 Å². The molecule has 0 fully saturated rings. The summed E-state index contributed by atoms with van der Waals surface area (Å²) in [5.41, 5.74) is 5.69. The molecule has 7 nitrogen and oxygen atoms in total. The maximum atomic E-state index is 14.0. The molecule has 0 saturated heterocycles. The van der Waals surface area contributed by atoms with Gasteiger partial charge < -0.3 is 20.6 Å². The number of hydrogen-bond donors (Lipinski definition) is 2. The molecule has 1 aromatic heterocycles. The van der Waals surface area contributed by atoms with Gasteiger partial charge in [-0.15, -0.1) is 0 Å². The molecule has 0 amide bonds. The van der Waals surface area contributed by atoms with Crippen molar-refractivity contribution in [3.8, 4) is 0 Å². The van der Waals surface area contributed by atoms with Crippen LogP contribution in [0.4, 0.5) is 10.2 Å². The number of aromatic nitrogens is 2. The van der Waals surface area contributed by atoms with Crippen LogP contribution in [0.1, 0.15) is 12.1 Å². The average Bonchev–Trinajstić information content (AvgIpc) is 2.42. The van der Waals surface area contributed by atoms with Crippen molar-refractivity contribution >= 4 is 11.7 Å². The van der Waals surface area contributed by atoms with E-state index >= 15 is 0 Å². The molecule has 19 heavy (non-hydrogen) atoms. The van der Waals surface area contributed by atoms with Gasteiger partial charge in [0.15, 0.2) is 11.6 Å².